The number of aryl methyl sites for hydroxylation is 1. The third-order valence-electron chi connectivity index (χ3n) is 15.4. The summed E-state index contributed by atoms with van der Waals surface area (Å²) in [6, 6.07) is 10.3. The summed E-state index contributed by atoms with van der Waals surface area (Å²) in [7, 11) is -3.76. The summed E-state index contributed by atoms with van der Waals surface area (Å²) >= 11 is 0. The van der Waals surface area contributed by atoms with Crippen LogP contribution in [0.3, 0.4) is 0 Å². The number of piperidine rings is 1. The molecule has 344 valence electrons. The minimum absolute atomic E-state index is 0.0672. The van der Waals surface area contributed by atoms with Crippen LogP contribution >= 0.6 is 0 Å². The van der Waals surface area contributed by atoms with E-state index < -0.39 is 33.5 Å². The molecular formula is C47H58N10O7S. The summed E-state index contributed by atoms with van der Waals surface area (Å²) < 4.78 is 33.8. The maximum atomic E-state index is 13.7. The van der Waals surface area contributed by atoms with E-state index in [1.165, 1.54) is 0 Å². The summed E-state index contributed by atoms with van der Waals surface area (Å²) in [5.74, 6) is 0.801. The largest absolute Gasteiger partial charge is 0.393 e. The van der Waals surface area contributed by atoms with Gasteiger partial charge in [0.1, 0.15) is 11.9 Å². The molecule has 1 spiro atoms. The molecule has 17 nitrogen and oxygen atoms in total. The lowest BCUT2D eigenvalue weighted by Crippen LogP contribution is -2.48. The number of sulfonamides is 1. The Morgan fingerprint density at radius 1 is 0.862 bits per heavy atom. The fourth-order valence-electron chi connectivity index (χ4n) is 11.4. The summed E-state index contributed by atoms with van der Waals surface area (Å²) in [4.78, 5) is 68.3. The number of fused-ring (bicyclic) bond motifs is 3. The first kappa shape index (κ1) is 42.5. The van der Waals surface area contributed by atoms with Crippen LogP contribution in [0.2, 0.25) is 0 Å². The molecule has 65 heavy (non-hydrogen) atoms. The van der Waals surface area contributed by atoms with E-state index in [0.29, 0.717) is 36.2 Å². The van der Waals surface area contributed by atoms with Crippen molar-refractivity contribution in [3.8, 4) is 0 Å². The standard InChI is InChI=1S/C47H58N10O7S/c1-28-23-35(12-13-37(28)49-45-48-26-36-42(51-45)56(44(61)47(36)17-18-47)33-3-2-4-34(58)24-33)65(63,64)52-30-7-5-29(6-8-30)27-53-19-21-54(22-20-53)32-11-14-38-40(25-32)55(31-9-10-31)46(62)57(38)39-15-16-41(59)50-43(39)60/h11-14,23,25-26,29-31,33-34,39,52,58H,2-10,15-22,24,27H2,1H3,(H,48,49,51)(H,50,59,60)/t29?,30?,33-,34-,39?/m1/s1. The van der Waals surface area contributed by atoms with Crippen molar-refractivity contribution in [2.45, 2.75) is 137 Å². The third kappa shape index (κ3) is 7.82. The quantitative estimate of drug-likeness (QED) is 0.156. The topological polar surface area (TPSA) is 204 Å². The van der Waals surface area contributed by atoms with E-state index in [-0.39, 0.29) is 46.9 Å². The molecule has 4 N–H and O–H groups in total. The lowest BCUT2D eigenvalue weighted by Gasteiger charge is -2.39. The highest BCUT2D eigenvalue weighted by Gasteiger charge is 2.61. The highest BCUT2D eigenvalue weighted by Crippen LogP contribution is 2.58. The van der Waals surface area contributed by atoms with Gasteiger partial charge in [-0.3, -0.25) is 38.6 Å². The number of carbonyl (C=O) groups is 3. The second kappa shape index (κ2) is 16.3. The Morgan fingerprint density at radius 2 is 1.65 bits per heavy atom. The van der Waals surface area contributed by atoms with Crippen LogP contribution < -0.4 is 30.8 Å². The summed E-state index contributed by atoms with van der Waals surface area (Å²) in [6.45, 7) is 6.34. The van der Waals surface area contributed by atoms with Crippen LogP contribution in [0.5, 0.6) is 0 Å². The number of imide groups is 1. The molecule has 2 aromatic carbocycles. The average Bonchev–Trinajstić information content (AvgIpc) is 4.23. The van der Waals surface area contributed by atoms with Crippen LogP contribution in [0.1, 0.15) is 113 Å². The second-order valence-corrected chi connectivity index (χ2v) is 21.5. The van der Waals surface area contributed by atoms with Gasteiger partial charge in [-0.25, -0.2) is 22.9 Å². The molecule has 6 fully saturated rings. The normalized spacial score (nSPS) is 27.0. The number of aliphatic hydroxyl groups is 1. The number of imidazole rings is 1. The third-order valence-corrected chi connectivity index (χ3v) is 16.9. The Kier molecular flexibility index (Phi) is 10.7. The molecule has 2 aromatic heterocycles. The lowest BCUT2D eigenvalue weighted by molar-refractivity contribution is -0.135. The van der Waals surface area contributed by atoms with Gasteiger partial charge in [-0.2, -0.15) is 4.98 Å². The number of anilines is 4. The molecule has 3 aliphatic heterocycles. The Labute approximate surface area is 378 Å². The maximum Gasteiger partial charge on any atom is 0.330 e. The number of benzene rings is 2. The monoisotopic (exact) mass is 906 g/mol. The van der Waals surface area contributed by atoms with E-state index in [1.807, 2.05) is 28.5 Å². The number of nitrogens with one attached hydrogen (secondary N) is 3. The number of hydrogen-bond donors (Lipinski definition) is 4. The van der Waals surface area contributed by atoms with Gasteiger partial charge in [0.05, 0.1) is 27.4 Å². The second-order valence-electron chi connectivity index (χ2n) is 19.8. The van der Waals surface area contributed by atoms with Crippen molar-refractivity contribution in [2.75, 3.05) is 47.8 Å². The molecule has 1 unspecified atom stereocenters. The molecule has 0 bridgehead atoms. The molecule has 3 atom stereocenters. The molecule has 4 aromatic rings. The Hall–Kier alpha value is -5.17. The van der Waals surface area contributed by atoms with E-state index in [1.54, 1.807) is 29.0 Å². The van der Waals surface area contributed by atoms with E-state index in [4.69, 9.17) is 4.98 Å². The van der Waals surface area contributed by atoms with Gasteiger partial charge in [0, 0.05) is 80.4 Å². The van der Waals surface area contributed by atoms with Gasteiger partial charge in [0.25, 0.3) is 0 Å². The summed E-state index contributed by atoms with van der Waals surface area (Å²) in [5.41, 5.74) is 4.19. The highest BCUT2D eigenvalue weighted by atomic mass is 32.2. The van der Waals surface area contributed by atoms with Crippen molar-refractivity contribution >= 4 is 61.9 Å². The molecule has 3 amide bonds. The van der Waals surface area contributed by atoms with Gasteiger partial charge in [-0.1, -0.05) is 0 Å². The van der Waals surface area contributed by atoms with Crippen molar-refractivity contribution in [1.82, 2.24) is 34.0 Å². The number of piperazine rings is 1. The minimum Gasteiger partial charge on any atom is -0.393 e. The van der Waals surface area contributed by atoms with Gasteiger partial charge in [-0.15, -0.1) is 0 Å². The Bertz CT molecular complexity index is 2750. The summed E-state index contributed by atoms with van der Waals surface area (Å²) in [6.07, 6.45) is 11.7. The molecule has 0 radical (unpaired) electrons. The van der Waals surface area contributed by atoms with E-state index in [9.17, 15) is 32.7 Å². The molecular weight excluding hydrogens is 849 g/mol. The number of hydrogen-bond acceptors (Lipinski definition) is 12. The van der Waals surface area contributed by atoms with Gasteiger partial charge in [0.2, 0.25) is 33.7 Å². The van der Waals surface area contributed by atoms with Crippen LogP contribution in [-0.2, 0) is 29.8 Å². The van der Waals surface area contributed by atoms with Crippen molar-refractivity contribution in [3.05, 3.63) is 64.2 Å². The summed E-state index contributed by atoms with van der Waals surface area (Å²) in [5, 5.41) is 16.1. The number of aromatic nitrogens is 4. The zero-order chi connectivity index (χ0) is 44.8. The van der Waals surface area contributed by atoms with Gasteiger partial charge < -0.3 is 15.3 Å². The Morgan fingerprint density at radius 3 is 2.35 bits per heavy atom. The number of carbonyl (C=O) groups excluding carboxylic acids is 3. The Balaban J connectivity index is 0.679. The van der Waals surface area contributed by atoms with Crippen molar-refractivity contribution in [2.24, 2.45) is 5.92 Å². The van der Waals surface area contributed by atoms with Gasteiger partial charge >= 0.3 is 5.69 Å². The number of amides is 3. The predicted octanol–water partition coefficient (Wildman–Crippen LogP) is 4.30. The number of nitrogens with zero attached hydrogens (tertiary/aromatic N) is 7. The van der Waals surface area contributed by atoms with Gasteiger partial charge in [0.15, 0.2) is 0 Å². The van der Waals surface area contributed by atoms with Crippen molar-refractivity contribution in [1.29, 1.82) is 0 Å². The zero-order valence-corrected chi connectivity index (χ0v) is 37.7. The van der Waals surface area contributed by atoms with E-state index in [0.717, 1.165) is 131 Å². The first-order valence-electron chi connectivity index (χ1n) is 23.7. The van der Waals surface area contributed by atoms with Crippen LogP contribution in [-0.4, -0.2) is 106 Å². The average molecular weight is 907 g/mol. The fourth-order valence-corrected chi connectivity index (χ4v) is 12.8. The van der Waals surface area contributed by atoms with E-state index in [2.05, 4.69) is 36.2 Å². The SMILES string of the molecule is Cc1cc(S(=O)(=O)NC2CCC(CN3CCN(c4ccc5c(c4)n(C4CC4)c(=O)n5C4CCC(=O)NC4=O)CC3)CC2)ccc1Nc1ncc2c(n1)N([C@@H]1CCC[C@@H](O)C1)C(=O)C21CC1. The molecule has 2 saturated heterocycles. The molecule has 11 rings (SSSR count). The highest BCUT2D eigenvalue weighted by molar-refractivity contribution is 7.89. The number of rotatable bonds is 11. The molecule has 5 heterocycles. The van der Waals surface area contributed by atoms with Crippen LogP contribution in [0.15, 0.2) is 52.3 Å². The van der Waals surface area contributed by atoms with Crippen LogP contribution in [0, 0.1) is 12.8 Å². The lowest BCUT2D eigenvalue weighted by atomic mass is 9.86. The van der Waals surface area contributed by atoms with Crippen LogP contribution in [0.25, 0.3) is 11.0 Å². The molecule has 18 heteroatoms. The first-order chi connectivity index (χ1) is 31.3. The molecule has 7 aliphatic rings. The molecule has 4 aliphatic carbocycles. The van der Waals surface area contributed by atoms with E-state index >= 15 is 0 Å². The fraction of sp³-hybridized carbons (Fsp3) is 0.574. The number of aliphatic hydroxyl groups excluding tert-OH is 1. The maximum absolute atomic E-state index is 13.7. The zero-order valence-electron chi connectivity index (χ0n) is 36.9. The minimum atomic E-state index is -3.76. The predicted molar refractivity (Wildman–Crippen MR) is 244 cm³/mol. The van der Waals surface area contributed by atoms with Crippen LogP contribution in [0.4, 0.5) is 23.1 Å². The van der Waals surface area contributed by atoms with Crippen molar-refractivity contribution in [3.63, 3.8) is 0 Å². The van der Waals surface area contributed by atoms with Crippen molar-refractivity contribution < 1.29 is 27.9 Å². The molecule has 4 saturated carbocycles. The first-order valence-corrected chi connectivity index (χ1v) is 25.2. The van der Waals surface area contributed by atoms with Gasteiger partial charge in [-0.05, 0) is 138 Å². The smallest absolute Gasteiger partial charge is 0.330 e.